The summed E-state index contributed by atoms with van der Waals surface area (Å²) in [5.74, 6) is -0.154. The lowest BCUT2D eigenvalue weighted by Gasteiger charge is -2.23. The number of carbonyl (C=O) groups excluding carboxylic acids is 1. The van der Waals surface area contributed by atoms with Gasteiger partial charge in [-0.3, -0.25) is 9.78 Å². The summed E-state index contributed by atoms with van der Waals surface area (Å²) in [6, 6.07) is 7.62. The molecule has 0 saturated heterocycles. The second-order valence-electron chi connectivity index (χ2n) is 5.02. The monoisotopic (exact) mass is 257 g/mol. The van der Waals surface area contributed by atoms with E-state index in [0.29, 0.717) is 6.42 Å². The molecule has 1 aromatic heterocycles. The van der Waals surface area contributed by atoms with Gasteiger partial charge < -0.3 is 11.1 Å². The van der Waals surface area contributed by atoms with Crippen LogP contribution in [-0.4, -0.2) is 16.4 Å². The maximum atomic E-state index is 12.2. The average molecular weight is 257 g/mol. The summed E-state index contributed by atoms with van der Waals surface area (Å²) in [5.41, 5.74) is 5.97. The van der Waals surface area contributed by atoms with Crippen molar-refractivity contribution in [2.45, 2.75) is 32.2 Å². The smallest absolute Gasteiger partial charge is 0.244 e. The highest BCUT2D eigenvalue weighted by atomic mass is 16.2. The Balaban J connectivity index is 2.29. The summed E-state index contributed by atoms with van der Waals surface area (Å²) in [6.45, 7) is 3.78. The number of hydrogen-bond acceptors (Lipinski definition) is 3. The molecule has 0 aliphatic carbocycles. The number of pyridine rings is 1. The molecule has 4 nitrogen and oxygen atoms in total. The maximum absolute atomic E-state index is 12.2. The molecule has 3 N–H and O–H groups in total. The molecule has 0 spiro atoms. The molecule has 19 heavy (non-hydrogen) atoms. The molecule has 1 heterocycles. The van der Waals surface area contributed by atoms with Crippen LogP contribution < -0.4 is 11.1 Å². The van der Waals surface area contributed by atoms with Crippen molar-refractivity contribution in [2.75, 3.05) is 5.32 Å². The number of anilines is 1. The largest absolute Gasteiger partial charge is 0.324 e. The van der Waals surface area contributed by atoms with Gasteiger partial charge in [-0.1, -0.05) is 25.5 Å². The fourth-order valence-electron chi connectivity index (χ4n) is 2.13. The molecule has 0 radical (unpaired) electrons. The van der Waals surface area contributed by atoms with Crippen molar-refractivity contribution < 1.29 is 4.79 Å². The summed E-state index contributed by atoms with van der Waals surface area (Å²) in [7, 11) is 0. The lowest BCUT2D eigenvalue weighted by molar-refractivity contribution is -0.120. The Hall–Kier alpha value is -1.94. The number of carbonyl (C=O) groups is 1. The second-order valence-corrected chi connectivity index (χ2v) is 5.02. The fourth-order valence-corrected chi connectivity index (χ4v) is 2.13. The third kappa shape index (κ3) is 2.90. The lowest BCUT2D eigenvalue weighted by atomic mass is 9.96. The standard InChI is InChI=1S/C15H19N3O/c1-3-8-15(2,16)14(19)18-13-6-4-5-11-10-17-9-7-12(11)13/h4-7,9-10H,3,8,16H2,1-2H3,(H,18,19). The van der Waals surface area contributed by atoms with Crippen molar-refractivity contribution in [3.05, 3.63) is 36.7 Å². The van der Waals surface area contributed by atoms with E-state index in [1.54, 1.807) is 19.3 Å². The van der Waals surface area contributed by atoms with Gasteiger partial charge in [0.2, 0.25) is 5.91 Å². The van der Waals surface area contributed by atoms with Gasteiger partial charge in [-0.05, 0) is 25.5 Å². The van der Waals surface area contributed by atoms with Crippen molar-refractivity contribution in [3.63, 3.8) is 0 Å². The fraction of sp³-hybridized carbons (Fsp3) is 0.333. The van der Waals surface area contributed by atoms with Crippen LogP contribution in [0.5, 0.6) is 0 Å². The van der Waals surface area contributed by atoms with Crippen LogP contribution in [-0.2, 0) is 4.79 Å². The van der Waals surface area contributed by atoms with Crippen molar-refractivity contribution in [3.8, 4) is 0 Å². The first-order valence-corrected chi connectivity index (χ1v) is 6.47. The van der Waals surface area contributed by atoms with Crippen LogP contribution >= 0.6 is 0 Å². The number of nitrogens with zero attached hydrogens (tertiary/aromatic N) is 1. The zero-order chi connectivity index (χ0) is 13.9. The van der Waals surface area contributed by atoms with Crippen molar-refractivity contribution in [1.29, 1.82) is 0 Å². The molecule has 0 fully saturated rings. The number of rotatable bonds is 4. The van der Waals surface area contributed by atoms with Gasteiger partial charge >= 0.3 is 0 Å². The molecule has 2 aromatic rings. The molecule has 2 rings (SSSR count). The first kappa shape index (κ1) is 13.5. The third-order valence-electron chi connectivity index (χ3n) is 3.22. The van der Waals surface area contributed by atoms with E-state index in [2.05, 4.69) is 10.3 Å². The Morgan fingerprint density at radius 3 is 2.95 bits per heavy atom. The van der Waals surface area contributed by atoms with Crippen LogP contribution in [0.4, 0.5) is 5.69 Å². The summed E-state index contributed by atoms with van der Waals surface area (Å²) in [6.07, 6.45) is 5.02. The van der Waals surface area contributed by atoms with Crippen LogP contribution in [0.15, 0.2) is 36.7 Å². The highest BCUT2D eigenvalue weighted by Crippen LogP contribution is 2.23. The number of nitrogens with two attached hydrogens (primary N) is 1. The van der Waals surface area contributed by atoms with E-state index in [1.807, 2.05) is 31.2 Å². The number of aromatic nitrogens is 1. The number of amides is 1. The SMILES string of the molecule is CCCC(C)(N)C(=O)Nc1cccc2cnccc12. The van der Waals surface area contributed by atoms with E-state index in [0.717, 1.165) is 22.9 Å². The normalized spacial score (nSPS) is 14.1. The van der Waals surface area contributed by atoms with Gasteiger partial charge in [-0.25, -0.2) is 0 Å². The maximum Gasteiger partial charge on any atom is 0.244 e. The van der Waals surface area contributed by atoms with E-state index < -0.39 is 5.54 Å². The number of hydrogen-bond donors (Lipinski definition) is 2. The molecule has 0 bridgehead atoms. The number of nitrogens with one attached hydrogen (secondary N) is 1. The molecule has 1 amide bonds. The van der Waals surface area contributed by atoms with Crippen molar-refractivity contribution in [2.24, 2.45) is 5.73 Å². The Morgan fingerprint density at radius 2 is 2.21 bits per heavy atom. The van der Waals surface area contributed by atoms with E-state index in [-0.39, 0.29) is 5.91 Å². The lowest BCUT2D eigenvalue weighted by Crippen LogP contribution is -2.48. The zero-order valence-corrected chi connectivity index (χ0v) is 11.3. The minimum atomic E-state index is -0.843. The number of benzene rings is 1. The average Bonchev–Trinajstić information content (AvgIpc) is 2.39. The van der Waals surface area contributed by atoms with Gasteiger partial charge in [0.25, 0.3) is 0 Å². The van der Waals surface area contributed by atoms with Gasteiger partial charge in [0.05, 0.1) is 5.54 Å². The predicted molar refractivity (Wildman–Crippen MR) is 77.9 cm³/mol. The van der Waals surface area contributed by atoms with Crippen LogP contribution in [0, 0.1) is 0 Å². The molecule has 1 atom stereocenters. The van der Waals surface area contributed by atoms with Crippen LogP contribution in [0.3, 0.4) is 0 Å². The Labute approximate surface area is 113 Å². The Morgan fingerprint density at radius 1 is 1.42 bits per heavy atom. The Kier molecular flexibility index (Phi) is 3.81. The first-order valence-electron chi connectivity index (χ1n) is 6.47. The number of fused-ring (bicyclic) bond motifs is 1. The minimum absolute atomic E-state index is 0.154. The predicted octanol–water partition coefficient (Wildman–Crippen LogP) is 2.69. The van der Waals surface area contributed by atoms with Crippen LogP contribution in [0.1, 0.15) is 26.7 Å². The van der Waals surface area contributed by atoms with Gasteiger partial charge in [-0.2, -0.15) is 0 Å². The second kappa shape index (κ2) is 5.36. The van der Waals surface area contributed by atoms with E-state index in [4.69, 9.17) is 5.73 Å². The zero-order valence-electron chi connectivity index (χ0n) is 11.3. The Bertz CT molecular complexity index is 587. The van der Waals surface area contributed by atoms with Gasteiger partial charge in [0.15, 0.2) is 0 Å². The quantitative estimate of drug-likeness (QED) is 0.884. The molecule has 4 heteroatoms. The minimum Gasteiger partial charge on any atom is -0.324 e. The summed E-state index contributed by atoms with van der Waals surface area (Å²) >= 11 is 0. The topological polar surface area (TPSA) is 68.0 Å². The van der Waals surface area contributed by atoms with Crippen molar-refractivity contribution in [1.82, 2.24) is 4.98 Å². The molecule has 0 saturated carbocycles. The third-order valence-corrected chi connectivity index (χ3v) is 3.22. The highest BCUT2D eigenvalue weighted by molar-refractivity contribution is 6.04. The van der Waals surface area contributed by atoms with Gasteiger partial charge in [0.1, 0.15) is 0 Å². The van der Waals surface area contributed by atoms with Crippen molar-refractivity contribution >= 4 is 22.4 Å². The molecule has 1 aromatic carbocycles. The van der Waals surface area contributed by atoms with E-state index in [1.165, 1.54) is 0 Å². The molecule has 0 aliphatic rings. The van der Waals surface area contributed by atoms with Crippen LogP contribution in [0.2, 0.25) is 0 Å². The highest BCUT2D eigenvalue weighted by Gasteiger charge is 2.27. The first-order chi connectivity index (χ1) is 9.04. The van der Waals surface area contributed by atoms with Gasteiger partial charge in [0, 0.05) is 28.9 Å². The van der Waals surface area contributed by atoms with Gasteiger partial charge in [-0.15, -0.1) is 0 Å². The molecule has 0 aliphatic heterocycles. The molecular weight excluding hydrogens is 238 g/mol. The van der Waals surface area contributed by atoms with E-state index >= 15 is 0 Å². The summed E-state index contributed by atoms with van der Waals surface area (Å²) in [5, 5.41) is 4.88. The van der Waals surface area contributed by atoms with Crippen LogP contribution in [0.25, 0.3) is 10.8 Å². The molecule has 1 unspecified atom stereocenters. The molecular formula is C15H19N3O. The molecule has 100 valence electrons. The summed E-state index contributed by atoms with van der Waals surface area (Å²) < 4.78 is 0. The van der Waals surface area contributed by atoms with E-state index in [9.17, 15) is 4.79 Å². The summed E-state index contributed by atoms with van der Waals surface area (Å²) in [4.78, 5) is 16.3.